The number of rotatable bonds is 5. The minimum atomic E-state index is 0.589. The first-order chi connectivity index (χ1) is 10.8. The summed E-state index contributed by atoms with van der Waals surface area (Å²) in [6.45, 7) is 3.98. The molecule has 0 bridgehead atoms. The molecule has 1 aromatic rings. The van der Waals surface area contributed by atoms with Crippen LogP contribution in [0.15, 0.2) is 18.2 Å². The van der Waals surface area contributed by atoms with Crippen LogP contribution in [0, 0.1) is 0 Å². The molecule has 0 spiro atoms. The van der Waals surface area contributed by atoms with Gasteiger partial charge in [0.05, 0.1) is 5.69 Å². The van der Waals surface area contributed by atoms with Gasteiger partial charge in [0.15, 0.2) is 0 Å². The number of fused-ring (bicyclic) bond motifs is 1. The summed E-state index contributed by atoms with van der Waals surface area (Å²) in [6.07, 6.45) is 10.7. The van der Waals surface area contributed by atoms with Crippen LogP contribution in [0.5, 0.6) is 5.75 Å². The third kappa shape index (κ3) is 4.16. The Morgan fingerprint density at radius 3 is 2.82 bits per heavy atom. The second-order valence-electron chi connectivity index (χ2n) is 6.77. The molecular weight excluding hydrogens is 272 g/mol. The first-order valence-corrected chi connectivity index (χ1v) is 9.11. The van der Waals surface area contributed by atoms with Crippen molar-refractivity contribution < 1.29 is 4.74 Å². The van der Waals surface area contributed by atoms with Crippen LogP contribution in [0.1, 0.15) is 57.4 Å². The second kappa shape index (κ2) is 7.87. The van der Waals surface area contributed by atoms with Crippen LogP contribution in [0.4, 0.5) is 5.69 Å². The molecule has 1 aliphatic carbocycles. The van der Waals surface area contributed by atoms with Crippen molar-refractivity contribution in [1.82, 2.24) is 5.32 Å². The monoisotopic (exact) mass is 302 g/mol. The van der Waals surface area contributed by atoms with E-state index in [1.807, 2.05) is 0 Å². The summed E-state index contributed by atoms with van der Waals surface area (Å²) in [5.74, 6) is 1.000. The molecule has 1 fully saturated rings. The smallest absolute Gasteiger partial charge is 0.142 e. The summed E-state index contributed by atoms with van der Waals surface area (Å²) in [5.41, 5.74) is 2.57. The molecule has 3 heteroatoms. The van der Waals surface area contributed by atoms with Gasteiger partial charge in [0, 0.05) is 18.6 Å². The fourth-order valence-corrected chi connectivity index (χ4v) is 3.70. The SMILES string of the molecule is CCC(Cc1ccc2c(c1)NCCO2)NC1CCCCCC1. The Bertz CT molecular complexity index is 467. The molecule has 2 N–H and O–H groups in total. The van der Waals surface area contributed by atoms with Crippen molar-refractivity contribution in [3.05, 3.63) is 23.8 Å². The Morgan fingerprint density at radius 2 is 2.05 bits per heavy atom. The standard InChI is InChI=1S/C19H30N2O/c1-2-16(21-17-7-5-3-4-6-8-17)13-15-9-10-19-18(14-15)20-11-12-22-19/h9-10,14,16-17,20-21H,2-8,11-13H2,1H3. The molecular formula is C19H30N2O. The highest BCUT2D eigenvalue weighted by molar-refractivity contribution is 5.59. The fraction of sp³-hybridized carbons (Fsp3) is 0.684. The van der Waals surface area contributed by atoms with Crippen LogP contribution in [0.25, 0.3) is 0 Å². The lowest BCUT2D eigenvalue weighted by atomic mass is 10.00. The summed E-state index contributed by atoms with van der Waals surface area (Å²) in [6, 6.07) is 7.93. The number of nitrogens with one attached hydrogen (secondary N) is 2. The van der Waals surface area contributed by atoms with Gasteiger partial charge in [-0.2, -0.15) is 0 Å². The van der Waals surface area contributed by atoms with E-state index in [0.29, 0.717) is 6.04 Å². The Kier molecular flexibility index (Phi) is 5.60. The Morgan fingerprint density at radius 1 is 1.23 bits per heavy atom. The van der Waals surface area contributed by atoms with Crippen LogP contribution in [-0.4, -0.2) is 25.2 Å². The molecule has 22 heavy (non-hydrogen) atoms. The average molecular weight is 302 g/mol. The van der Waals surface area contributed by atoms with E-state index < -0.39 is 0 Å². The molecule has 0 amide bonds. The highest BCUT2D eigenvalue weighted by atomic mass is 16.5. The zero-order chi connectivity index (χ0) is 15.2. The molecule has 3 nitrogen and oxygen atoms in total. The first-order valence-electron chi connectivity index (χ1n) is 9.11. The quantitative estimate of drug-likeness (QED) is 0.803. The molecule has 0 aromatic heterocycles. The van der Waals surface area contributed by atoms with Crippen LogP contribution < -0.4 is 15.4 Å². The maximum atomic E-state index is 5.67. The van der Waals surface area contributed by atoms with Gasteiger partial charge in [0.1, 0.15) is 12.4 Å². The van der Waals surface area contributed by atoms with Crippen molar-refractivity contribution in [1.29, 1.82) is 0 Å². The zero-order valence-electron chi connectivity index (χ0n) is 13.9. The normalized spacial score (nSPS) is 20.4. The predicted molar refractivity (Wildman–Crippen MR) is 92.8 cm³/mol. The Hall–Kier alpha value is -1.22. The highest BCUT2D eigenvalue weighted by Crippen LogP contribution is 2.28. The van der Waals surface area contributed by atoms with Crippen molar-refractivity contribution >= 4 is 5.69 Å². The lowest BCUT2D eigenvalue weighted by molar-refractivity contribution is 0.323. The van der Waals surface area contributed by atoms with Gasteiger partial charge in [-0.15, -0.1) is 0 Å². The van der Waals surface area contributed by atoms with Crippen LogP contribution in [0.3, 0.4) is 0 Å². The third-order valence-electron chi connectivity index (χ3n) is 5.02. The van der Waals surface area contributed by atoms with Crippen molar-refractivity contribution in [2.24, 2.45) is 0 Å². The van der Waals surface area contributed by atoms with Gasteiger partial charge in [0.2, 0.25) is 0 Å². The largest absolute Gasteiger partial charge is 0.490 e. The second-order valence-corrected chi connectivity index (χ2v) is 6.77. The minimum Gasteiger partial charge on any atom is -0.490 e. The lowest BCUT2D eigenvalue weighted by Crippen LogP contribution is -2.39. The van der Waals surface area contributed by atoms with E-state index in [4.69, 9.17) is 4.74 Å². The third-order valence-corrected chi connectivity index (χ3v) is 5.02. The Balaban J connectivity index is 1.59. The number of hydrogen-bond donors (Lipinski definition) is 2. The van der Waals surface area contributed by atoms with E-state index in [1.165, 1.54) is 50.5 Å². The first kappa shape index (κ1) is 15.7. The molecule has 1 atom stereocenters. The zero-order valence-corrected chi connectivity index (χ0v) is 13.9. The van der Waals surface area contributed by atoms with E-state index in [9.17, 15) is 0 Å². The van der Waals surface area contributed by atoms with Gasteiger partial charge in [-0.1, -0.05) is 38.7 Å². The van der Waals surface area contributed by atoms with E-state index in [1.54, 1.807) is 0 Å². The molecule has 1 unspecified atom stereocenters. The van der Waals surface area contributed by atoms with Crippen LogP contribution in [0.2, 0.25) is 0 Å². The molecule has 122 valence electrons. The number of ether oxygens (including phenoxy) is 1. The van der Waals surface area contributed by atoms with Gasteiger partial charge < -0.3 is 15.4 Å². The highest BCUT2D eigenvalue weighted by Gasteiger charge is 2.17. The van der Waals surface area contributed by atoms with Gasteiger partial charge in [-0.25, -0.2) is 0 Å². The molecule has 1 saturated carbocycles. The van der Waals surface area contributed by atoms with Crippen molar-refractivity contribution in [3.63, 3.8) is 0 Å². The summed E-state index contributed by atoms with van der Waals surface area (Å²) >= 11 is 0. The van der Waals surface area contributed by atoms with E-state index in [2.05, 4.69) is 35.8 Å². The van der Waals surface area contributed by atoms with Gasteiger partial charge in [-0.05, 0) is 43.4 Å². The maximum Gasteiger partial charge on any atom is 0.142 e. The molecule has 1 aliphatic heterocycles. The maximum absolute atomic E-state index is 5.67. The van der Waals surface area contributed by atoms with E-state index in [-0.39, 0.29) is 0 Å². The summed E-state index contributed by atoms with van der Waals surface area (Å²) in [4.78, 5) is 0. The lowest BCUT2D eigenvalue weighted by Gasteiger charge is -2.25. The molecule has 3 rings (SSSR count). The van der Waals surface area contributed by atoms with Crippen molar-refractivity contribution in [3.8, 4) is 5.75 Å². The summed E-state index contributed by atoms with van der Waals surface area (Å²) in [7, 11) is 0. The fourth-order valence-electron chi connectivity index (χ4n) is 3.70. The molecule has 1 heterocycles. The van der Waals surface area contributed by atoms with E-state index >= 15 is 0 Å². The Labute approximate surface area is 134 Å². The average Bonchev–Trinajstić information content (AvgIpc) is 2.83. The van der Waals surface area contributed by atoms with Gasteiger partial charge in [-0.3, -0.25) is 0 Å². The van der Waals surface area contributed by atoms with Crippen LogP contribution in [-0.2, 0) is 6.42 Å². The number of benzene rings is 1. The van der Waals surface area contributed by atoms with Gasteiger partial charge in [0.25, 0.3) is 0 Å². The van der Waals surface area contributed by atoms with Crippen molar-refractivity contribution in [2.45, 2.75) is 70.4 Å². The molecule has 0 saturated heterocycles. The topological polar surface area (TPSA) is 33.3 Å². The number of anilines is 1. The summed E-state index contributed by atoms with van der Waals surface area (Å²) in [5, 5.41) is 7.36. The van der Waals surface area contributed by atoms with Crippen molar-refractivity contribution in [2.75, 3.05) is 18.5 Å². The predicted octanol–water partition coefficient (Wildman–Crippen LogP) is 4.12. The van der Waals surface area contributed by atoms with Gasteiger partial charge >= 0.3 is 0 Å². The number of hydrogen-bond acceptors (Lipinski definition) is 3. The molecule has 1 aromatic carbocycles. The van der Waals surface area contributed by atoms with E-state index in [0.717, 1.165) is 37.1 Å². The summed E-state index contributed by atoms with van der Waals surface area (Å²) < 4.78 is 5.67. The molecule has 2 aliphatic rings. The molecule has 0 radical (unpaired) electrons. The minimum absolute atomic E-state index is 0.589. The van der Waals surface area contributed by atoms with Crippen LogP contribution >= 0.6 is 0 Å².